The average Bonchev–Trinajstić information content (AvgIpc) is 4.02. The van der Waals surface area contributed by atoms with Gasteiger partial charge in [-0.2, -0.15) is 18.4 Å². The Labute approximate surface area is 430 Å². The number of ether oxygens (including phenoxy) is 2. The Balaban J connectivity index is 0.844. The number of ketones is 1. The minimum atomic E-state index is -4.81. The van der Waals surface area contributed by atoms with Crippen LogP contribution in [-0.4, -0.2) is 74.4 Å². The molecule has 0 unspecified atom stereocenters. The van der Waals surface area contributed by atoms with Crippen LogP contribution in [0.4, 0.5) is 24.5 Å². The second-order valence-corrected chi connectivity index (χ2v) is 21.0. The molecular weight excluding hydrogens is 978 g/mol. The lowest BCUT2D eigenvalue weighted by Gasteiger charge is -2.34. The number of aliphatic hydroxyl groups excluding tert-OH is 1. The molecule has 5 aromatic carbocycles. The molecule has 2 N–H and O–H groups in total. The topological polar surface area (TPSA) is 165 Å². The Bertz CT molecular complexity index is 3150. The first-order valence-electron chi connectivity index (χ1n) is 23.5. The maximum absolute atomic E-state index is 14.2. The number of benzene rings is 5. The molecule has 0 radical (unpaired) electrons. The van der Waals surface area contributed by atoms with Crippen LogP contribution < -0.4 is 24.6 Å². The van der Waals surface area contributed by atoms with Crippen molar-refractivity contribution in [1.82, 2.24) is 15.2 Å². The number of nitrogens with one attached hydrogen (secondary N) is 1. The van der Waals surface area contributed by atoms with E-state index in [1.807, 2.05) is 82.3 Å². The highest BCUT2D eigenvalue weighted by Crippen LogP contribution is 2.41. The van der Waals surface area contributed by atoms with Crippen LogP contribution in [0.15, 0.2) is 109 Å². The molecule has 2 saturated heterocycles. The van der Waals surface area contributed by atoms with Crippen LogP contribution >= 0.6 is 23.6 Å². The molecule has 0 saturated carbocycles. The first kappa shape index (κ1) is 52.1. The summed E-state index contributed by atoms with van der Waals surface area (Å²) in [5.41, 5.74) is 2.33. The van der Waals surface area contributed by atoms with E-state index < -0.39 is 52.2 Å². The molecule has 2 aliphatic rings. The van der Waals surface area contributed by atoms with Gasteiger partial charge in [-0.05, 0) is 127 Å². The Morgan fingerprint density at radius 3 is 2.23 bits per heavy atom. The quantitative estimate of drug-likeness (QED) is 0.0941. The predicted octanol–water partition coefficient (Wildman–Crippen LogP) is 9.94. The lowest BCUT2D eigenvalue weighted by molar-refractivity contribution is -0.146. The van der Waals surface area contributed by atoms with Crippen molar-refractivity contribution in [3.8, 4) is 28.0 Å². The van der Waals surface area contributed by atoms with E-state index in [-0.39, 0.29) is 67.5 Å². The summed E-state index contributed by atoms with van der Waals surface area (Å²) >= 11 is 7.22. The van der Waals surface area contributed by atoms with Gasteiger partial charge in [0, 0.05) is 31.6 Å². The molecule has 3 amide bonds. The molecule has 1 aromatic heterocycles. The molecule has 0 aliphatic carbocycles. The Morgan fingerprint density at radius 2 is 1.58 bits per heavy atom. The molecule has 6 aromatic rings. The van der Waals surface area contributed by atoms with Gasteiger partial charge in [0.2, 0.25) is 11.8 Å². The van der Waals surface area contributed by atoms with Gasteiger partial charge in [-0.25, -0.2) is 4.98 Å². The summed E-state index contributed by atoms with van der Waals surface area (Å²) in [7, 11) is 0. The van der Waals surface area contributed by atoms with E-state index in [9.17, 15) is 42.7 Å². The highest BCUT2D eigenvalue weighted by molar-refractivity contribution is 7.81. The lowest BCUT2D eigenvalue weighted by atomic mass is 9.77. The molecule has 3 atom stereocenters. The minimum Gasteiger partial charge on any atom is -0.489 e. The van der Waals surface area contributed by atoms with Gasteiger partial charge in [0.15, 0.2) is 10.9 Å². The lowest BCUT2D eigenvalue weighted by Crippen LogP contribution is -2.50. The number of hydrogen-bond donors (Lipinski definition) is 2. The number of aromatic nitrogens is 1. The number of hydrogen-bond acceptors (Lipinski definition) is 11. The molecule has 2 aliphatic heterocycles. The zero-order valence-electron chi connectivity index (χ0n) is 41.0. The van der Waals surface area contributed by atoms with Gasteiger partial charge in [0.1, 0.15) is 36.3 Å². The fourth-order valence-electron chi connectivity index (χ4n) is 9.15. The maximum atomic E-state index is 14.2. The van der Waals surface area contributed by atoms with Crippen LogP contribution in [0.1, 0.15) is 75.4 Å². The van der Waals surface area contributed by atoms with E-state index in [1.54, 1.807) is 72.0 Å². The number of β-amino-alcohol motifs (C(OH)–C–C–N with tert-alkyl or cyclic N) is 1. The third-order valence-corrected chi connectivity index (χ3v) is 14.5. The molecule has 13 nitrogen and oxygen atoms in total. The van der Waals surface area contributed by atoms with Crippen LogP contribution in [0.3, 0.4) is 0 Å². The Hall–Kier alpha value is -7.20. The average molecular weight is 1030 g/mol. The van der Waals surface area contributed by atoms with Gasteiger partial charge in [0.25, 0.3) is 5.91 Å². The van der Waals surface area contributed by atoms with Crippen molar-refractivity contribution >= 4 is 74.3 Å². The van der Waals surface area contributed by atoms with Gasteiger partial charge in [0.05, 0.1) is 51.0 Å². The van der Waals surface area contributed by atoms with Crippen molar-refractivity contribution in [2.24, 2.45) is 11.3 Å². The molecule has 378 valence electrons. The second-order valence-electron chi connectivity index (χ2n) is 19.8. The molecule has 0 spiro atoms. The van der Waals surface area contributed by atoms with Gasteiger partial charge < -0.3 is 29.7 Å². The maximum Gasteiger partial charge on any atom is 0.417 e. The number of likely N-dealkylation sites (tertiary alicyclic amines) is 1. The van der Waals surface area contributed by atoms with E-state index in [4.69, 9.17) is 21.7 Å². The molecule has 2 fully saturated rings. The van der Waals surface area contributed by atoms with E-state index in [0.29, 0.717) is 17.2 Å². The minimum absolute atomic E-state index is 0.0152. The predicted molar refractivity (Wildman–Crippen MR) is 276 cm³/mol. The number of aryl methyl sites for hydroxylation is 1. The standard InChI is InChI=1S/C55H53F3N6O7S2/c1-32-48(73-31-61-32)35-10-7-33(8-11-35)27-60-49(67)47-25-41(65)28-62(47)50(68)46(53(2,3)4)24-42(66)30-71-44-18-14-36-21-34(9-12-37(36)22-44)29-70-43-19-16-39(17-20-43)64-52(72)63(51(69)54(64,5)6)40-15-13-38(26-59)45(23-40)55(56,57)58/h7-23,31,41,46-47,65H,24-25,27-30H2,1-6H3,(H,60,67)/t41-,46-,47+/m1/s1. The molecule has 8 rings (SSSR count). The van der Waals surface area contributed by atoms with Crippen LogP contribution in [0.2, 0.25) is 0 Å². The van der Waals surface area contributed by atoms with E-state index in [1.165, 1.54) is 11.0 Å². The smallest absolute Gasteiger partial charge is 0.417 e. The molecule has 18 heteroatoms. The first-order valence-corrected chi connectivity index (χ1v) is 24.8. The van der Waals surface area contributed by atoms with Crippen molar-refractivity contribution in [2.75, 3.05) is 23.0 Å². The van der Waals surface area contributed by atoms with E-state index >= 15 is 0 Å². The van der Waals surface area contributed by atoms with Crippen molar-refractivity contribution in [3.05, 3.63) is 137 Å². The van der Waals surface area contributed by atoms with Gasteiger partial charge >= 0.3 is 6.18 Å². The highest BCUT2D eigenvalue weighted by atomic mass is 32.1. The summed E-state index contributed by atoms with van der Waals surface area (Å²) in [4.78, 5) is 64.3. The van der Waals surface area contributed by atoms with Crippen LogP contribution in [0, 0.1) is 29.6 Å². The van der Waals surface area contributed by atoms with Crippen LogP contribution in [0.25, 0.3) is 21.2 Å². The van der Waals surface area contributed by atoms with Crippen molar-refractivity contribution < 1.29 is 46.9 Å². The molecular formula is C55H53F3N6O7S2. The number of Topliss-reactive ketones (excluding diaryl/α,β-unsaturated/α-hetero) is 1. The number of carbonyl (C=O) groups is 4. The zero-order valence-corrected chi connectivity index (χ0v) is 42.6. The van der Waals surface area contributed by atoms with Gasteiger partial charge in [-0.15, -0.1) is 11.3 Å². The van der Waals surface area contributed by atoms with E-state index in [2.05, 4.69) is 10.3 Å². The number of thiazole rings is 1. The fourth-order valence-corrected chi connectivity index (χ4v) is 10.5. The van der Waals surface area contributed by atoms with Crippen molar-refractivity contribution in [2.45, 2.75) is 91.4 Å². The molecule has 0 bridgehead atoms. The summed E-state index contributed by atoms with van der Waals surface area (Å²) in [6.07, 6.45) is -5.73. The highest BCUT2D eigenvalue weighted by Gasteiger charge is 2.51. The summed E-state index contributed by atoms with van der Waals surface area (Å²) < 4.78 is 53.4. The molecule has 3 heterocycles. The number of rotatable bonds is 15. The number of fused-ring (bicyclic) bond motifs is 1. The van der Waals surface area contributed by atoms with Crippen LogP contribution in [-0.2, 0) is 38.5 Å². The Kier molecular flexibility index (Phi) is 14.8. The second kappa shape index (κ2) is 20.7. The number of nitrogens with zero attached hydrogens (tertiary/aromatic N) is 5. The Morgan fingerprint density at radius 1 is 0.918 bits per heavy atom. The number of alkyl halides is 3. The number of halogens is 3. The number of carbonyl (C=O) groups excluding carboxylic acids is 4. The summed E-state index contributed by atoms with van der Waals surface area (Å²) in [6, 6.07) is 29.6. The summed E-state index contributed by atoms with van der Waals surface area (Å²) in [5, 5.41) is 24.6. The number of amides is 3. The summed E-state index contributed by atoms with van der Waals surface area (Å²) in [5.74, 6) is -1.38. The fraction of sp³-hybridized carbons (Fsp3) is 0.327. The third kappa shape index (κ3) is 11.2. The van der Waals surface area contributed by atoms with Crippen LogP contribution in [0.5, 0.6) is 11.5 Å². The zero-order chi connectivity index (χ0) is 52.6. The number of thiocarbonyl (C=S) groups is 1. The third-order valence-electron chi connectivity index (χ3n) is 13.2. The summed E-state index contributed by atoms with van der Waals surface area (Å²) in [6.45, 7) is 11.0. The van der Waals surface area contributed by atoms with Gasteiger partial charge in [-0.3, -0.25) is 24.1 Å². The van der Waals surface area contributed by atoms with Crippen molar-refractivity contribution in [1.29, 1.82) is 5.26 Å². The van der Waals surface area contributed by atoms with Crippen molar-refractivity contribution in [3.63, 3.8) is 0 Å². The monoisotopic (exact) mass is 1030 g/mol. The van der Waals surface area contributed by atoms with Gasteiger partial charge in [-0.1, -0.05) is 63.2 Å². The number of aliphatic hydroxyl groups is 1. The largest absolute Gasteiger partial charge is 0.489 e. The first-order chi connectivity index (χ1) is 34.5. The number of anilines is 2. The SMILES string of the molecule is Cc1ncsc1-c1ccc(CNC(=O)[C@@H]2C[C@@H](O)CN2C(=O)[C@@H](CC(=O)COc2ccc3cc(COc4ccc(N5C(=S)N(c6ccc(C#N)c(C(F)(F)F)c6)C(=O)C5(C)C)cc4)ccc3c2)C(C)(C)C)cc1. The molecule has 73 heavy (non-hydrogen) atoms. The number of nitriles is 1. The van der Waals surface area contributed by atoms with E-state index in [0.717, 1.165) is 55.1 Å². The normalized spacial score (nSPS) is 17.2.